The second-order valence-electron chi connectivity index (χ2n) is 9.17. The summed E-state index contributed by atoms with van der Waals surface area (Å²) in [7, 11) is 0. The molecule has 2 aromatic rings. The lowest BCUT2D eigenvalue weighted by Gasteiger charge is -2.59. The highest BCUT2D eigenvalue weighted by Gasteiger charge is 2.60. The maximum Gasteiger partial charge on any atom is 0.305 e. The Hall–Kier alpha value is -2.47. The largest absolute Gasteiger partial charge is 0.486 e. The van der Waals surface area contributed by atoms with Gasteiger partial charge in [0.1, 0.15) is 18.1 Å². The predicted octanol–water partition coefficient (Wildman–Crippen LogP) is 4.20. The third-order valence-electron chi connectivity index (χ3n) is 6.77. The van der Waals surface area contributed by atoms with Crippen molar-refractivity contribution in [3.05, 3.63) is 54.0 Å². The van der Waals surface area contributed by atoms with Crippen molar-refractivity contribution in [3.8, 4) is 5.75 Å². The van der Waals surface area contributed by atoms with E-state index in [4.69, 9.17) is 20.8 Å². The summed E-state index contributed by atoms with van der Waals surface area (Å²) in [6, 6.07) is 12.6. The van der Waals surface area contributed by atoms with Crippen LogP contribution in [0.25, 0.3) is 0 Å². The SMILES string of the molecule is O=C(NNC(=O)C12CC3CC(CC(Cl)(C3)C1)C2)c1ccc(COc2ccccc2)o1. The van der Waals surface area contributed by atoms with Gasteiger partial charge in [0.25, 0.3) is 0 Å². The van der Waals surface area contributed by atoms with Crippen LogP contribution < -0.4 is 15.6 Å². The van der Waals surface area contributed by atoms with Crippen LogP contribution >= 0.6 is 11.6 Å². The summed E-state index contributed by atoms with van der Waals surface area (Å²) in [5.41, 5.74) is 4.68. The molecule has 2 amide bonds. The van der Waals surface area contributed by atoms with Crippen LogP contribution in [0.1, 0.15) is 54.8 Å². The first kappa shape index (κ1) is 19.5. The van der Waals surface area contributed by atoms with Crippen molar-refractivity contribution in [1.82, 2.24) is 10.9 Å². The number of halogens is 1. The third kappa shape index (κ3) is 3.69. The number of furan rings is 1. The number of alkyl halides is 1. The van der Waals surface area contributed by atoms with E-state index < -0.39 is 11.3 Å². The van der Waals surface area contributed by atoms with Crippen LogP contribution in [0.4, 0.5) is 0 Å². The molecule has 2 unspecified atom stereocenters. The van der Waals surface area contributed by atoms with E-state index in [-0.39, 0.29) is 23.1 Å². The molecule has 1 aromatic carbocycles. The van der Waals surface area contributed by atoms with Crippen molar-refractivity contribution in [1.29, 1.82) is 0 Å². The second kappa shape index (κ2) is 7.34. The number of carbonyl (C=O) groups is 2. The third-order valence-corrected chi connectivity index (χ3v) is 7.21. The van der Waals surface area contributed by atoms with Gasteiger partial charge >= 0.3 is 5.91 Å². The molecular formula is C23H25ClN2O4. The molecule has 4 aliphatic carbocycles. The first-order chi connectivity index (χ1) is 14.4. The Labute approximate surface area is 180 Å². The fourth-order valence-electron chi connectivity index (χ4n) is 5.97. The minimum absolute atomic E-state index is 0.126. The number of amides is 2. The summed E-state index contributed by atoms with van der Waals surface area (Å²) in [5, 5.41) is 0. The molecule has 0 spiro atoms. The van der Waals surface area contributed by atoms with Crippen LogP contribution in [-0.4, -0.2) is 16.7 Å². The molecule has 0 aliphatic heterocycles. The molecule has 2 atom stereocenters. The van der Waals surface area contributed by atoms with Gasteiger partial charge in [-0.3, -0.25) is 20.4 Å². The predicted molar refractivity (Wildman–Crippen MR) is 111 cm³/mol. The highest BCUT2D eigenvalue weighted by atomic mass is 35.5. The van der Waals surface area contributed by atoms with Gasteiger partial charge in [-0.15, -0.1) is 11.6 Å². The molecule has 4 saturated carbocycles. The Bertz CT molecular complexity index is 943. The molecule has 1 aromatic heterocycles. The number of hydrogen-bond donors (Lipinski definition) is 2. The molecule has 6 nitrogen and oxygen atoms in total. The fraction of sp³-hybridized carbons (Fsp3) is 0.478. The maximum absolute atomic E-state index is 13.0. The van der Waals surface area contributed by atoms with Gasteiger partial charge in [0.05, 0.1) is 5.41 Å². The minimum atomic E-state index is -0.486. The molecule has 158 valence electrons. The molecule has 4 fully saturated rings. The number of para-hydroxylation sites is 1. The minimum Gasteiger partial charge on any atom is -0.486 e. The Kier molecular flexibility index (Phi) is 4.77. The first-order valence-electron chi connectivity index (χ1n) is 10.5. The highest BCUT2D eigenvalue weighted by molar-refractivity contribution is 6.24. The summed E-state index contributed by atoms with van der Waals surface area (Å²) in [6.45, 7) is 0.216. The van der Waals surface area contributed by atoms with Gasteiger partial charge in [0.2, 0.25) is 5.91 Å². The van der Waals surface area contributed by atoms with Crippen molar-refractivity contribution >= 4 is 23.4 Å². The van der Waals surface area contributed by atoms with Crippen molar-refractivity contribution < 1.29 is 18.7 Å². The average molecular weight is 429 g/mol. The zero-order valence-corrected chi connectivity index (χ0v) is 17.4. The summed E-state index contributed by atoms with van der Waals surface area (Å²) in [6.07, 6.45) is 5.61. The molecule has 1 heterocycles. The van der Waals surface area contributed by atoms with Gasteiger partial charge in [-0.05, 0) is 74.6 Å². The number of rotatable bonds is 5. The number of hydrazine groups is 1. The second-order valence-corrected chi connectivity index (χ2v) is 9.97. The van der Waals surface area contributed by atoms with Crippen molar-refractivity contribution in [2.24, 2.45) is 17.3 Å². The number of benzene rings is 1. The van der Waals surface area contributed by atoms with Crippen LogP contribution in [0.2, 0.25) is 0 Å². The van der Waals surface area contributed by atoms with E-state index in [1.165, 1.54) is 6.42 Å². The summed E-state index contributed by atoms with van der Waals surface area (Å²) >= 11 is 6.81. The van der Waals surface area contributed by atoms with E-state index in [9.17, 15) is 9.59 Å². The van der Waals surface area contributed by atoms with Crippen LogP contribution in [0.15, 0.2) is 46.9 Å². The van der Waals surface area contributed by atoms with Crippen LogP contribution in [0, 0.1) is 17.3 Å². The van der Waals surface area contributed by atoms with E-state index in [1.807, 2.05) is 30.3 Å². The lowest BCUT2D eigenvalue weighted by atomic mass is 9.49. The number of hydrogen-bond acceptors (Lipinski definition) is 4. The van der Waals surface area contributed by atoms with Gasteiger partial charge in [-0.25, -0.2) is 0 Å². The van der Waals surface area contributed by atoms with Gasteiger partial charge in [-0.2, -0.15) is 0 Å². The fourth-order valence-corrected chi connectivity index (χ4v) is 6.67. The number of carbonyl (C=O) groups excluding carboxylic acids is 2. The summed E-state index contributed by atoms with van der Waals surface area (Å²) in [4.78, 5) is 25.2. The van der Waals surface area contributed by atoms with Crippen molar-refractivity contribution in [2.75, 3.05) is 0 Å². The number of nitrogens with one attached hydrogen (secondary N) is 2. The van der Waals surface area contributed by atoms with E-state index >= 15 is 0 Å². The van der Waals surface area contributed by atoms with E-state index in [0.29, 0.717) is 24.0 Å². The molecule has 0 saturated heterocycles. The van der Waals surface area contributed by atoms with E-state index in [2.05, 4.69) is 10.9 Å². The number of ether oxygens (including phenoxy) is 1. The van der Waals surface area contributed by atoms with Gasteiger partial charge < -0.3 is 9.15 Å². The molecule has 6 rings (SSSR count). The van der Waals surface area contributed by atoms with Gasteiger partial charge in [0.15, 0.2) is 5.76 Å². The Morgan fingerprint density at radius 1 is 1.03 bits per heavy atom. The summed E-state index contributed by atoms with van der Waals surface area (Å²) < 4.78 is 11.2. The monoisotopic (exact) mass is 428 g/mol. The summed E-state index contributed by atoms with van der Waals surface area (Å²) in [5.74, 6) is 1.79. The van der Waals surface area contributed by atoms with E-state index in [1.54, 1.807) is 12.1 Å². The highest BCUT2D eigenvalue weighted by Crippen LogP contribution is 2.63. The van der Waals surface area contributed by atoms with Crippen molar-refractivity contribution in [2.45, 2.75) is 50.0 Å². The van der Waals surface area contributed by atoms with Crippen LogP contribution in [0.5, 0.6) is 5.75 Å². The van der Waals surface area contributed by atoms with Crippen LogP contribution in [0.3, 0.4) is 0 Å². The smallest absolute Gasteiger partial charge is 0.305 e. The standard InChI is InChI=1S/C23H25ClN2O4/c24-23-11-15-8-16(12-23)10-22(9-15,14-23)21(28)26-25-20(27)19-7-6-18(30-19)13-29-17-4-2-1-3-5-17/h1-7,15-16H,8-14H2,(H,25,27)(H,26,28). The zero-order chi connectivity index (χ0) is 20.8. The molecular weight excluding hydrogens is 404 g/mol. The zero-order valence-electron chi connectivity index (χ0n) is 16.7. The molecule has 4 aliphatic rings. The Morgan fingerprint density at radius 2 is 1.77 bits per heavy atom. The quantitative estimate of drug-likeness (QED) is 0.552. The molecule has 0 radical (unpaired) electrons. The first-order valence-corrected chi connectivity index (χ1v) is 10.9. The molecule has 4 bridgehead atoms. The Morgan fingerprint density at radius 3 is 2.47 bits per heavy atom. The lowest BCUT2D eigenvalue weighted by molar-refractivity contribution is -0.145. The normalized spacial score (nSPS) is 31.4. The van der Waals surface area contributed by atoms with Gasteiger partial charge in [0, 0.05) is 4.87 Å². The average Bonchev–Trinajstić information content (AvgIpc) is 3.18. The lowest BCUT2D eigenvalue weighted by Crippen LogP contribution is -2.60. The van der Waals surface area contributed by atoms with Crippen LogP contribution in [-0.2, 0) is 11.4 Å². The van der Waals surface area contributed by atoms with E-state index in [0.717, 1.165) is 31.4 Å². The Balaban J connectivity index is 1.17. The topological polar surface area (TPSA) is 80.6 Å². The molecule has 7 heteroatoms. The van der Waals surface area contributed by atoms with Crippen molar-refractivity contribution in [3.63, 3.8) is 0 Å². The van der Waals surface area contributed by atoms with Gasteiger partial charge in [-0.1, -0.05) is 18.2 Å². The molecule has 2 N–H and O–H groups in total. The maximum atomic E-state index is 13.0. The molecule has 30 heavy (non-hydrogen) atoms.